The molecular formula is C13H20N4O2. The molecule has 0 saturated heterocycles. The quantitative estimate of drug-likeness (QED) is 0.806. The lowest BCUT2D eigenvalue weighted by Gasteiger charge is -2.21. The predicted octanol–water partition coefficient (Wildman–Crippen LogP) is 1.12. The largest absolute Gasteiger partial charge is 0.395 e. The van der Waals surface area contributed by atoms with E-state index >= 15 is 0 Å². The second-order valence-electron chi connectivity index (χ2n) is 5.40. The van der Waals surface area contributed by atoms with Crippen molar-refractivity contribution >= 4 is 11.6 Å². The molecule has 1 amide bonds. The highest BCUT2D eigenvalue weighted by atomic mass is 16.5. The van der Waals surface area contributed by atoms with Crippen molar-refractivity contribution in [2.45, 2.75) is 37.6 Å². The summed E-state index contributed by atoms with van der Waals surface area (Å²) in [5.41, 5.74) is 7.91. The Hall–Kier alpha value is -1.56. The average Bonchev–Trinajstić information content (AvgIpc) is 3.29. The second-order valence-corrected chi connectivity index (χ2v) is 5.40. The molecule has 0 atom stereocenters. The van der Waals surface area contributed by atoms with E-state index in [9.17, 15) is 4.79 Å². The molecule has 0 unspecified atom stereocenters. The Balaban J connectivity index is 1.77. The number of H-pyrrole nitrogens is 1. The van der Waals surface area contributed by atoms with Gasteiger partial charge < -0.3 is 15.4 Å². The summed E-state index contributed by atoms with van der Waals surface area (Å²) in [6.45, 7) is 1.15. The van der Waals surface area contributed by atoms with Crippen molar-refractivity contribution in [3.63, 3.8) is 0 Å². The van der Waals surface area contributed by atoms with Gasteiger partial charge in [0.2, 0.25) is 0 Å². The van der Waals surface area contributed by atoms with Crippen molar-refractivity contribution in [3.8, 4) is 0 Å². The minimum atomic E-state index is -0.0693. The zero-order valence-corrected chi connectivity index (χ0v) is 11.2. The summed E-state index contributed by atoms with van der Waals surface area (Å²) in [6.07, 6.45) is 4.40. The first-order valence-electron chi connectivity index (χ1n) is 6.86. The van der Waals surface area contributed by atoms with Gasteiger partial charge >= 0.3 is 0 Å². The fraction of sp³-hybridized carbons (Fsp3) is 0.692. The molecular weight excluding hydrogens is 244 g/mol. The predicted molar refractivity (Wildman–Crippen MR) is 70.9 cm³/mol. The first-order chi connectivity index (χ1) is 9.22. The van der Waals surface area contributed by atoms with Crippen molar-refractivity contribution in [3.05, 3.63) is 11.4 Å². The molecule has 0 spiro atoms. The number of aromatic amines is 1. The van der Waals surface area contributed by atoms with Crippen LogP contribution in [0.1, 0.15) is 47.8 Å². The number of hydrogen-bond acceptors (Lipinski definition) is 4. The van der Waals surface area contributed by atoms with Gasteiger partial charge in [0.1, 0.15) is 0 Å². The Morgan fingerprint density at radius 1 is 1.47 bits per heavy atom. The van der Waals surface area contributed by atoms with Gasteiger partial charge in [-0.15, -0.1) is 0 Å². The van der Waals surface area contributed by atoms with E-state index in [1.165, 1.54) is 0 Å². The summed E-state index contributed by atoms with van der Waals surface area (Å²) in [5, 5.41) is 7.07. The number of methoxy groups -OCH3 is 1. The third-order valence-corrected chi connectivity index (χ3v) is 3.81. The maximum atomic E-state index is 12.5. The maximum absolute atomic E-state index is 12.5. The summed E-state index contributed by atoms with van der Waals surface area (Å²) in [4.78, 5) is 14.4. The Kier molecular flexibility index (Phi) is 3.18. The monoisotopic (exact) mass is 264 g/mol. The zero-order chi connectivity index (χ0) is 13.4. The van der Waals surface area contributed by atoms with Crippen LogP contribution in [0.3, 0.4) is 0 Å². The minimum absolute atomic E-state index is 0.0693. The molecule has 3 N–H and O–H groups in total. The lowest BCUT2D eigenvalue weighted by Crippen LogP contribution is -2.36. The van der Waals surface area contributed by atoms with Gasteiger partial charge in [-0.25, -0.2) is 0 Å². The highest BCUT2D eigenvalue weighted by Gasteiger charge is 2.36. The van der Waals surface area contributed by atoms with Gasteiger partial charge in [0.25, 0.3) is 5.91 Å². The van der Waals surface area contributed by atoms with E-state index in [1.54, 1.807) is 7.11 Å². The van der Waals surface area contributed by atoms with E-state index in [0.29, 0.717) is 36.5 Å². The molecule has 0 aliphatic heterocycles. The van der Waals surface area contributed by atoms with Crippen LogP contribution in [0.25, 0.3) is 0 Å². The molecule has 19 heavy (non-hydrogen) atoms. The standard InChI is InChI=1S/C13H20N4O2/c1-19-7-6-17(9-4-5-9)13(18)12-10(14)11(15-16-12)8-2-3-8/h8-9H,2-7,14H2,1H3,(H,15,16). The highest BCUT2D eigenvalue weighted by molar-refractivity contribution is 5.98. The van der Waals surface area contributed by atoms with Gasteiger partial charge in [-0.1, -0.05) is 0 Å². The third kappa shape index (κ3) is 2.45. The fourth-order valence-corrected chi connectivity index (χ4v) is 2.37. The molecule has 0 radical (unpaired) electrons. The van der Waals surface area contributed by atoms with Crippen molar-refractivity contribution < 1.29 is 9.53 Å². The number of ether oxygens (including phenoxy) is 1. The van der Waals surface area contributed by atoms with Crippen molar-refractivity contribution in [1.82, 2.24) is 15.1 Å². The summed E-state index contributed by atoms with van der Waals surface area (Å²) >= 11 is 0. The molecule has 2 saturated carbocycles. The summed E-state index contributed by atoms with van der Waals surface area (Å²) in [7, 11) is 1.64. The van der Waals surface area contributed by atoms with Gasteiger partial charge in [-0.05, 0) is 25.7 Å². The zero-order valence-electron chi connectivity index (χ0n) is 11.2. The SMILES string of the molecule is COCCN(C(=O)c1n[nH]c(C2CC2)c1N)C1CC1. The van der Waals surface area contributed by atoms with Crippen LogP contribution in [0, 0.1) is 0 Å². The number of carbonyl (C=O) groups is 1. The molecule has 104 valence electrons. The van der Waals surface area contributed by atoms with Crippen LogP contribution in [0.5, 0.6) is 0 Å². The van der Waals surface area contributed by atoms with Crippen LogP contribution in [0.15, 0.2) is 0 Å². The Labute approximate surface area is 112 Å². The first kappa shape index (κ1) is 12.5. The van der Waals surface area contributed by atoms with E-state index in [1.807, 2.05) is 4.90 Å². The molecule has 0 aromatic carbocycles. The topological polar surface area (TPSA) is 84.2 Å². The highest BCUT2D eigenvalue weighted by Crippen LogP contribution is 2.42. The Bertz CT molecular complexity index is 477. The van der Waals surface area contributed by atoms with Crippen molar-refractivity contribution in [1.29, 1.82) is 0 Å². The first-order valence-corrected chi connectivity index (χ1v) is 6.86. The van der Waals surface area contributed by atoms with Crippen LogP contribution >= 0.6 is 0 Å². The normalized spacial score (nSPS) is 18.6. The van der Waals surface area contributed by atoms with E-state index < -0.39 is 0 Å². The van der Waals surface area contributed by atoms with Crippen LogP contribution in [-0.4, -0.2) is 47.3 Å². The fourth-order valence-electron chi connectivity index (χ4n) is 2.37. The second kappa shape index (κ2) is 4.85. The molecule has 2 aliphatic carbocycles. The minimum Gasteiger partial charge on any atom is -0.395 e. The average molecular weight is 264 g/mol. The van der Waals surface area contributed by atoms with Gasteiger partial charge in [0, 0.05) is 25.6 Å². The van der Waals surface area contributed by atoms with Gasteiger partial charge in [-0.2, -0.15) is 5.10 Å². The molecule has 1 heterocycles. The maximum Gasteiger partial charge on any atom is 0.276 e. The third-order valence-electron chi connectivity index (χ3n) is 3.81. The van der Waals surface area contributed by atoms with Gasteiger partial charge in [-0.3, -0.25) is 9.89 Å². The number of nitrogens with two attached hydrogens (primary N) is 1. The smallest absolute Gasteiger partial charge is 0.276 e. The number of nitrogens with zero attached hydrogens (tertiary/aromatic N) is 2. The van der Waals surface area contributed by atoms with Gasteiger partial charge in [0.05, 0.1) is 18.0 Å². The number of anilines is 1. The van der Waals surface area contributed by atoms with E-state index in [4.69, 9.17) is 10.5 Å². The molecule has 1 aromatic heterocycles. The number of rotatable bonds is 6. The summed E-state index contributed by atoms with van der Waals surface area (Å²) in [5.74, 6) is 0.405. The molecule has 6 heteroatoms. The van der Waals surface area contributed by atoms with Crippen LogP contribution in [0.2, 0.25) is 0 Å². The molecule has 2 fully saturated rings. The number of amides is 1. The number of nitrogen functional groups attached to an aromatic ring is 1. The van der Waals surface area contributed by atoms with Crippen LogP contribution in [-0.2, 0) is 4.74 Å². The van der Waals surface area contributed by atoms with E-state index in [0.717, 1.165) is 31.4 Å². The Morgan fingerprint density at radius 2 is 2.21 bits per heavy atom. The molecule has 3 rings (SSSR count). The number of hydrogen-bond donors (Lipinski definition) is 2. The molecule has 2 aliphatic rings. The Morgan fingerprint density at radius 3 is 2.79 bits per heavy atom. The van der Waals surface area contributed by atoms with Crippen LogP contribution in [0.4, 0.5) is 5.69 Å². The number of nitrogens with one attached hydrogen (secondary N) is 1. The number of carbonyl (C=O) groups excluding carboxylic acids is 1. The van der Waals surface area contributed by atoms with Crippen molar-refractivity contribution in [2.75, 3.05) is 26.0 Å². The van der Waals surface area contributed by atoms with E-state index in [-0.39, 0.29) is 5.91 Å². The number of aromatic nitrogens is 2. The summed E-state index contributed by atoms with van der Waals surface area (Å²) < 4.78 is 5.07. The van der Waals surface area contributed by atoms with E-state index in [2.05, 4.69) is 10.2 Å². The molecule has 1 aromatic rings. The van der Waals surface area contributed by atoms with Crippen molar-refractivity contribution in [2.24, 2.45) is 0 Å². The van der Waals surface area contributed by atoms with Gasteiger partial charge in [0.15, 0.2) is 5.69 Å². The summed E-state index contributed by atoms with van der Waals surface area (Å²) in [6, 6.07) is 0.336. The molecule has 0 bridgehead atoms. The van der Waals surface area contributed by atoms with Crippen LogP contribution < -0.4 is 5.73 Å². The molecule has 6 nitrogen and oxygen atoms in total. The lowest BCUT2D eigenvalue weighted by molar-refractivity contribution is 0.0675. The lowest BCUT2D eigenvalue weighted by atomic mass is 10.2.